The van der Waals surface area contributed by atoms with E-state index in [4.69, 9.17) is 4.74 Å². The normalized spacial score (nSPS) is 32.9. The quantitative estimate of drug-likeness (QED) is 0.626. The topological polar surface area (TPSA) is 65.4 Å². The number of hydrogen-bond acceptors (Lipinski definition) is 4. The number of nitrogens with zero attached hydrogens (tertiary/aromatic N) is 2. The second-order valence-electron chi connectivity index (χ2n) is 10.2. The van der Waals surface area contributed by atoms with Gasteiger partial charge in [0.2, 0.25) is 0 Å². The van der Waals surface area contributed by atoms with Crippen LogP contribution in [0.5, 0.6) is 0 Å². The van der Waals surface area contributed by atoms with Gasteiger partial charge in [0.25, 0.3) is 0 Å². The molecular weight excluding hydrogens is 403 g/mol. The molecule has 0 spiro atoms. The van der Waals surface area contributed by atoms with Gasteiger partial charge < -0.3 is 10.1 Å². The average molecular weight is 432 g/mol. The van der Waals surface area contributed by atoms with Crippen molar-refractivity contribution in [1.82, 2.24) is 15.1 Å². The van der Waals surface area contributed by atoms with Crippen LogP contribution in [0.15, 0.2) is 12.4 Å². The first kappa shape index (κ1) is 20.7. The molecule has 0 saturated heterocycles. The number of carbonyl (C=O) groups excluding carboxylic acids is 1. The fourth-order valence-corrected chi connectivity index (χ4v) is 5.36. The highest BCUT2D eigenvalue weighted by atomic mass is 28.3. The number of alkyl halides is 3. The van der Waals surface area contributed by atoms with Crippen LogP contribution in [0.1, 0.15) is 37.2 Å². The van der Waals surface area contributed by atoms with Crippen LogP contribution in [0.3, 0.4) is 0 Å². The van der Waals surface area contributed by atoms with E-state index in [2.05, 4.69) is 34.8 Å². The molecule has 10 heteroatoms. The Morgan fingerprint density at radius 1 is 1.34 bits per heavy atom. The predicted molar refractivity (Wildman–Crippen MR) is 102 cm³/mol. The highest BCUT2D eigenvalue weighted by Crippen LogP contribution is 2.65. The minimum atomic E-state index is -4.57. The van der Waals surface area contributed by atoms with E-state index in [0.717, 1.165) is 30.9 Å². The molecule has 2 bridgehead atoms. The minimum Gasteiger partial charge on any atom is -0.450 e. The average Bonchev–Trinajstić information content (AvgIpc) is 3.13. The lowest BCUT2D eigenvalue weighted by molar-refractivity contribution is -0.326. The zero-order chi connectivity index (χ0) is 21.1. The molecule has 0 radical (unpaired) electrons. The van der Waals surface area contributed by atoms with Crippen molar-refractivity contribution in [2.24, 2.45) is 5.92 Å². The number of amides is 1. The Kier molecular flexibility index (Phi) is 4.81. The van der Waals surface area contributed by atoms with E-state index in [0.29, 0.717) is 13.0 Å². The number of hydrogen-bond donors (Lipinski definition) is 1. The summed E-state index contributed by atoms with van der Waals surface area (Å²) in [6.07, 6.45) is 1.93. The van der Waals surface area contributed by atoms with Gasteiger partial charge in [0.15, 0.2) is 0 Å². The van der Waals surface area contributed by atoms with Gasteiger partial charge in [0, 0.05) is 14.3 Å². The Morgan fingerprint density at radius 2 is 2.03 bits per heavy atom. The van der Waals surface area contributed by atoms with Crippen molar-refractivity contribution in [2.75, 3.05) is 13.2 Å². The molecule has 0 unspecified atom stereocenters. The maximum Gasteiger partial charge on any atom is 0.522 e. The van der Waals surface area contributed by atoms with Gasteiger partial charge in [-0.2, -0.15) is 5.10 Å². The fourth-order valence-electron chi connectivity index (χ4n) is 4.64. The Hall–Kier alpha value is -1.55. The minimum absolute atomic E-state index is 0.0727. The molecule has 0 aliphatic heterocycles. The van der Waals surface area contributed by atoms with Gasteiger partial charge in [-0.05, 0) is 49.1 Å². The third-order valence-electron chi connectivity index (χ3n) is 6.36. The van der Waals surface area contributed by atoms with Crippen LogP contribution >= 0.6 is 0 Å². The Balaban J connectivity index is 1.22. The van der Waals surface area contributed by atoms with Crippen LogP contribution in [0.4, 0.5) is 18.0 Å². The van der Waals surface area contributed by atoms with Crippen LogP contribution in [0.2, 0.25) is 25.7 Å². The van der Waals surface area contributed by atoms with Gasteiger partial charge in [-0.15, -0.1) is 13.2 Å². The van der Waals surface area contributed by atoms with Gasteiger partial charge in [0.05, 0.1) is 30.5 Å². The smallest absolute Gasteiger partial charge is 0.450 e. The molecule has 4 aliphatic rings. The maximum atomic E-state index is 12.2. The van der Waals surface area contributed by atoms with Crippen LogP contribution in [0, 0.1) is 5.92 Å². The zero-order valence-electron chi connectivity index (χ0n) is 17.0. The summed E-state index contributed by atoms with van der Waals surface area (Å²) in [4.78, 5) is 12.0. The van der Waals surface area contributed by atoms with Gasteiger partial charge >= 0.3 is 12.5 Å². The molecular formula is C19H28F3N3O3Si. The second kappa shape index (κ2) is 6.73. The molecule has 1 heterocycles. The van der Waals surface area contributed by atoms with Crippen molar-refractivity contribution >= 4 is 14.2 Å². The summed E-state index contributed by atoms with van der Waals surface area (Å²) in [5.74, 6) is -0.00637. The van der Waals surface area contributed by atoms with Crippen molar-refractivity contribution in [3.63, 3.8) is 0 Å². The van der Waals surface area contributed by atoms with E-state index < -0.39 is 14.4 Å². The maximum absolute atomic E-state index is 12.2. The molecule has 0 aromatic carbocycles. The lowest BCUT2D eigenvalue weighted by Crippen LogP contribution is -2.78. The van der Waals surface area contributed by atoms with E-state index in [-0.39, 0.29) is 35.6 Å². The summed E-state index contributed by atoms with van der Waals surface area (Å²) in [6, 6.07) is 0.948. The fraction of sp³-hybridized carbons (Fsp3) is 0.789. The van der Waals surface area contributed by atoms with Gasteiger partial charge in [-0.3, -0.25) is 9.42 Å². The van der Waals surface area contributed by atoms with E-state index in [9.17, 15) is 18.0 Å². The number of nitrogens with one attached hydrogen (secondary N) is 1. The molecule has 5 rings (SSSR count). The van der Waals surface area contributed by atoms with E-state index >= 15 is 0 Å². The third kappa shape index (κ3) is 4.47. The summed E-state index contributed by atoms with van der Waals surface area (Å²) in [5.41, 5.74) is 0.708. The summed E-state index contributed by atoms with van der Waals surface area (Å²) in [6.45, 7) is 6.89. The SMILES string of the molecule is C[Si](C)(C)CCOC(=O)NC12CC(n3cc([C@@H]4C[C@H]4COC(F)(F)F)cn3)(C1)C2. The van der Waals surface area contributed by atoms with Gasteiger partial charge in [-0.1, -0.05) is 19.6 Å². The van der Waals surface area contributed by atoms with Crippen LogP contribution in [0.25, 0.3) is 0 Å². The Bertz CT molecular complexity index is 770. The Labute approximate surface area is 169 Å². The molecule has 2 atom stereocenters. The first-order chi connectivity index (χ1) is 13.4. The molecule has 4 aliphatic carbocycles. The van der Waals surface area contributed by atoms with Crippen molar-refractivity contribution in [2.45, 2.75) is 74.7 Å². The molecule has 4 saturated carbocycles. The first-order valence-corrected chi connectivity index (χ1v) is 13.8. The van der Waals surface area contributed by atoms with Gasteiger partial charge in [0.1, 0.15) is 0 Å². The molecule has 162 valence electrons. The third-order valence-corrected chi connectivity index (χ3v) is 8.06. The molecule has 1 aromatic rings. The molecule has 1 N–H and O–H groups in total. The van der Waals surface area contributed by atoms with E-state index in [1.807, 2.05) is 10.9 Å². The predicted octanol–water partition coefficient (Wildman–Crippen LogP) is 4.22. The molecule has 29 heavy (non-hydrogen) atoms. The van der Waals surface area contributed by atoms with E-state index in [1.165, 1.54) is 0 Å². The Morgan fingerprint density at radius 3 is 2.66 bits per heavy atom. The van der Waals surface area contributed by atoms with Crippen molar-refractivity contribution in [3.8, 4) is 0 Å². The number of alkyl carbamates (subject to hydrolysis) is 1. The number of halogens is 3. The largest absolute Gasteiger partial charge is 0.522 e. The highest BCUT2D eigenvalue weighted by molar-refractivity contribution is 6.76. The van der Waals surface area contributed by atoms with Crippen LogP contribution < -0.4 is 5.32 Å². The second-order valence-corrected chi connectivity index (χ2v) is 15.8. The molecule has 6 nitrogen and oxygen atoms in total. The number of aromatic nitrogens is 2. The van der Waals surface area contributed by atoms with Crippen molar-refractivity contribution in [3.05, 3.63) is 18.0 Å². The number of carbonyl (C=O) groups is 1. The number of rotatable bonds is 8. The molecule has 1 amide bonds. The van der Waals surface area contributed by atoms with Crippen molar-refractivity contribution < 1.29 is 27.4 Å². The lowest BCUT2D eigenvalue weighted by Gasteiger charge is -2.69. The summed E-state index contributed by atoms with van der Waals surface area (Å²) < 4.78 is 47.7. The standard InChI is InChI=1S/C19H28F3N3O3Si/c1-29(2,3)5-4-27-16(26)24-17-10-18(11-17,12-17)25-8-14(7-23-25)15-6-13(15)9-28-19(20,21)22/h7-8,13,15H,4-6,9-12H2,1-3H3,(H,24,26)/t13-,15+,17?,18?/m0/s1. The summed E-state index contributed by atoms with van der Waals surface area (Å²) in [7, 11) is -1.23. The molecule has 4 fully saturated rings. The first-order valence-electron chi connectivity index (χ1n) is 10.1. The monoisotopic (exact) mass is 431 g/mol. The van der Waals surface area contributed by atoms with Crippen LogP contribution in [-0.2, 0) is 15.0 Å². The van der Waals surface area contributed by atoms with E-state index in [1.54, 1.807) is 6.20 Å². The lowest BCUT2D eigenvalue weighted by atomic mass is 9.44. The summed E-state index contributed by atoms with van der Waals surface area (Å²) >= 11 is 0. The summed E-state index contributed by atoms with van der Waals surface area (Å²) in [5, 5.41) is 7.46. The van der Waals surface area contributed by atoms with Crippen molar-refractivity contribution in [1.29, 1.82) is 0 Å². The van der Waals surface area contributed by atoms with Crippen LogP contribution in [-0.4, -0.2) is 49.1 Å². The highest BCUT2D eigenvalue weighted by Gasteiger charge is 2.70. The molecule has 1 aromatic heterocycles. The zero-order valence-corrected chi connectivity index (χ0v) is 18.0. The van der Waals surface area contributed by atoms with Gasteiger partial charge in [-0.25, -0.2) is 4.79 Å². The number of ether oxygens (including phenoxy) is 2.